The monoisotopic (exact) mass is 917 g/mol. The van der Waals surface area contributed by atoms with Gasteiger partial charge in [-0.25, -0.2) is 39.1 Å². The van der Waals surface area contributed by atoms with Crippen molar-refractivity contribution in [3.05, 3.63) is 142 Å². The van der Waals surface area contributed by atoms with Crippen molar-refractivity contribution < 1.29 is 43.2 Å². The summed E-state index contributed by atoms with van der Waals surface area (Å²) in [6.07, 6.45) is 0. The standard InChI is InChI=1S/C51H63N7O9/c1-48(2,3)64-44(60)40-21-13-17-33(53-40)27-57(28-34-18-14-22-41(54-34)45(61)65-49(4,5)6)31-37-25-39(59)26-38(52-37)32-58(29-35-19-15-23-42(55-35)46(62)66-50(7,8)9)30-36-20-16-24-43(56-36)47(63)67-51(10,11)12/h13-26H,27-32H2,1-12H3,(H,52,59). The van der Waals surface area contributed by atoms with Gasteiger partial charge in [0.2, 0.25) is 0 Å². The normalized spacial score (nSPS) is 12.2. The molecule has 0 saturated carbocycles. The lowest BCUT2D eigenvalue weighted by atomic mass is 10.2. The fourth-order valence-corrected chi connectivity index (χ4v) is 6.55. The highest BCUT2D eigenvalue weighted by atomic mass is 16.6. The summed E-state index contributed by atoms with van der Waals surface area (Å²) >= 11 is 0. The largest absolute Gasteiger partial charge is 0.508 e. The lowest BCUT2D eigenvalue weighted by molar-refractivity contribution is 0.00497. The second-order valence-electron chi connectivity index (χ2n) is 20.2. The van der Waals surface area contributed by atoms with Gasteiger partial charge >= 0.3 is 23.9 Å². The minimum Gasteiger partial charge on any atom is -0.508 e. The van der Waals surface area contributed by atoms with E-state index in [1.807, 2.05) is 9.80 Å². The molecular weight excluding hydrogens is 855 g/mol. The Morgan fingerprint density at radius 2 is 0.612 bits per heavy atom. The van der Waals surface area contributed by atoms with Gasteiger partial charge in [0.05, 0.1) is 34.2 Å². The molecular formula is C51H63N7O9. The Bertz CT molecular complexity index is 2240. The molecule has 1 N–H and O–H groups in total. The number of carbonyl (C=O) groups excluding carboxylic acids is 4. The van der Waals surface area contributed by atoms with Crippen LogP contribution in [0.2, 0.25) is 0 Å². The Morgan fingerprint density at radius 3 is 0.836 bits per heavy atom. The number of aromatic nitrogens is 5. The topological polar surface area (TPSA) is 196 Å². The van der Waals surface area contributed by atoms with E-state index in [2.05, 4.69) is 19.9 Å². The molecule has 0 bridgehead atoms. The molecule has 0 aliphatic carbocycles. The van der Waals surface area contributed by atoms with E-state index < -0.39 is 46.3 Å². The van der Waals surface area contributed by atoms with Gasteiger partial charge in [-0.3, -0.25) is 14.8 Å². The predicted octanol–water partition coefficient (Wildman–Crippen LogP) is 8.59. The van der Waals surface area contributed by atoms with Crippen LogP contribution in [0.4, 0.5) is 0 Å². The average molecular weight is 918 g/mol. The lowest BCUT2D eigenvalue weighted by Gasteiger charge is -2.24. The molecule has 0 saturated heterocycles. The third-order valence-electron chi connectivity index (χ3n) is 8.89. The van der Waals surface area contributed by atoms with E-state index in [0.717, 1.165) is 0 Å². The zero-order chi connectivity index (χ0) is 49.3. The van der Waals surface area contributed by atoms with E-state index >= 15 is 0 Å². The molecule has 0 unspecified atom stereocenters. The third kappa shape index (κ3) is 17.6. The summed E-state index contributed by atoms with van der Waals surface area (Å²) in [4.78, 5) is 79.6. The summed E-state index contributed by atoms with van der Waals surface area (Å²) in [6, 6.07) is 23.6. The summed E-state index contributed by atoms with van der Waals surface area (Å²) in [5.74, 6) is -2.28. The minimum atomic E-state index is -0.721. The zero-order valence-electron chi connectivity index (χ0n) is 40.7. The molecule has 0 radical (unpaired) electrons. The number of ether oxygens (including phenoxy) is 4. The Morgan fingerprint density at radius 1 is 0.388 bits per heavy atom. The van der Waals surface area contributed by atoms with Crippen molar-refractivity contribution in [2.24, 2.45) is 0 Å². The van der Waals surface area contributed by atoms with E-state index in [-0.39, 0.29) is 67.8 Å². The van der Waals surface area contributed by atoms with Crippen molar-refractivity contribution in [1.29, 1.82) is 0 Å². The van der Waals surface area contributed by atoms with Crippen LogP contribution >= 0.6 is 0 Å². The van der Waals surface area contributed by atoms with Crippen LogP contribution in [0.15, 0.2) is 84.9 Å². The molecule has 0 amide bonds. The number of aromatic hydroxyl groups is 1. The van der Waals surface area contributed by atoms with E-state index in [1.165, 1.54) is 0 Å². The molecule has 5 aromatic rings. The minimum absolute atomic E-state index is 0.0370. The first-order valence-corrected chi connectivity index (χ1v) is 22.1. The quantitative estimate of drug-likeness (QED) is 0.0729. The molecule has 0 atom stereocenters. The molecule has 5 rings (SSSR count). The Hall–Kier alpha value is -6.65. The van der Waals surface area contributed by atoms with Gasteiger partial charge in [-0.15, -0.1) is 0 Å². The summed E-state index contributed by atoms with van der Waals surface area (Å²) < 4.78 is 22.3. The predicted molar refractivity (Wildman–Crippen MR) is 249 cm³/mol. The number of hydrogen-bond acceptors (Lipinski definition) is 16. The summed E-state index contributed by atoms with van der Waals surface area (Å²) in [6.45, 7) is 22.6. The van der Waals surface area contributed by atoms with Crippen LogP contribution in [0.1, 0.15) is 159 Å². The molecule has 5 heterocycles. The molecule has 0 fully saturated rings. The van der Waals surface area contributed by atoms with Crippen molar-refractivity contribution in [3.8, 4) is 5.75 Å². The Kier molecular flexibility index (Phi) is 16.3. The smallest absolute Gasteiger partial charge is 0.357 e. The third-order valence-corrected chi connectivity index (χ3v) is 8.89. The number of esters is 4. The summed E-state index contributed by atoms with van der Waals surface area (Å²) in [5.41, 5.74) is 0.917. The number of carbonyl (C=O) groups is 4. The molecule has 16 nitrogen and oxygen atoms in total. The molecule has 16 heteroatoms. The fraction of sp³-hybridized carbons (Fsp3) is 0.431. The number of nitrogens with zero attached hydrogens (tertiary/aromatic N) is 7. The zero-order valence-corrected chi connectivity index (χ0v) is 40.7. The first-order chi connectivity index (χ1) is 31.1. The maximum absolute atomic E-state index is 13.0. The van der Waals surface area contributed by atoms with E-state index in [4.69, 9.17) is 23.9 Å². The highest BCUT2D eigenvalue weighted by Crippen LogP contribution is 2.22. The van der Waals surface area contributed by atoms with Crippen molar-refractivity contribution in [2.75, 3.05) is 0 Å². The highest BCUT2D eigenvalue weighted by Gasteiger charge is 2.24. The first kappa shape index (κ1) is 51.3. The van der Waals surface area contributed by atoms with Crippen LogP contribution in [0.3, 0.4) is 0 Å². The average Bonchev–Trinajstić information content (AvgIpc) is 3.18. The van der Waals surface area contributed by atoms with Gasteiger partial charge in [0, 0.05) is 51.4 Å². The van der Waals surface area contributed by atoms with Crippen LogP contribution in [0.5, 0.6) is 5.75 Å². The van der Waals surface area contributed by atoms with Crippen LogP contribution in [-0.2, 0) is 58.2 Å². The van der Waals surface area contributed by atoms with Gasteiger partial charge in [0.15, 0.2) is 0 Å². The van der Waals surface area contributed by atoms with Gasteiger partial charge in [-0.05, 0) is 132 Å². The molecule has 0 aliphatic rings. The first-order valence-electron chi connectivity index (χ1n) is 22.1. The van der Waals surface area contributed by atoms with E-state index in [0.29, 0.717) is 34.2 Å². The Balaban J connectivity index is 1.49. The second-order valence-corrected chi connectivity index (χ2v) is 20.2. The Labute approximate surface area is 393 Å². The van der Waals surface area contributed by atoms with Crippen molar-refractivity contribution >= 4 is 23.9 Å². The van der Waals surface area contributed by atoms with Crippen LogP contribution in [-0.4, -0.2) is 86.1 Å². The number of pyridine rings is 5. The van der Waals surface area contributed by atoms with Crippen LogP contribution in [0, 0.1) is 0 Å². The molecule has 5 aromatic heterocycles. The van der Waals surface area contributed by atoms with Crippen LogP contribution < -0.4 is 0 Å². The van der Waals surface area contributed by atoms with Crippen molar-refractivity contribution in [3.63, 3.8) is 0 Å². The van der Waals surface area contributed by atoms with Gasteiger partial charge in [-0.2, -0.15) is 0 Å². The number of rotatable bonds is 16. The summed E-state index contributed by atoms with van der Waals surface area (Å²) in [5, 5.41) is 11.2. The molecule has 0 spiro atoms. The van der Waals surface area contributed by atoms with E-state index in [1.54, 1.807) is 168 Å². The van der Waals surface area contributed by atoms with Gasteiger partial charge in [-0.1, -0.05) is 24.3 Å². The lowest BCUT2D eigenvalue weighted by Crippen LogP contribution is -2.28. The maximum atomic E-state index is 13.0. The van der Waals surface area contributed by atoms with Crippen molar-refractivity contribution in [2.45, 2.75) is 145 Å². The van der Waals surface area contributed by atoms with E-state index in [9.17, 15) is 24.3 Å². The molecule has 0 aliphatic heterocycles. The summed E-state index contributed by atoms with van der Waals surface area (Å²) in [7, 11) is 0. The van der Waals surface area contributed by atoms with Gasteiger partial charge in [0.25, 0.3) is 0 Å². The van der Waals surface area contributed by atoms with Crippen LogP contribution in [0.25, 0.3) is 0 Å². The molecule has 67 heavy (non-hydrogen) atoms. The van der Waals surface area contributed by atoms with Gasteiger partial charge in [0.1, 0.15) is 50.9 Å². The van der Waals surface area contributed by atoms with Crippen molar-refractivity contribution in [1.82, 2.24) is 34.7 Å². The maximum Gasteiger partial charge on any atom is 0.357 e. The highest BCUT2D eigenvalue weighted by molar-refractivity contribution is 5.89. The number of hydrogen-bond donors (Lipinski definition) is 1. The van der Waals surface area contributed by atoms with Gasteiger partial charge < -0.3 is 24.1 Å². The second kappa shape index (κ2) is 21.3. The molecule has 356 valence electrons. The fourth-order valence-electron chi connectivity index (χ4n) is 6.55. The molecule has 0 aromatic carbocycles. The SMILES string of the molecule is CC(C)(C)OC(=O)c1cccc(CN(Cc2cc(O)cc(CN(Cc3cccc(C(=O)OC(C)(C)C)n3)Cc3cccc(C(=O)OC(C)(C)C)n3)n2)Cc2cccc(C(=O)OC(C)(C)C)n2)n1.